The van der Waals surface area contributed by atoms with Gasteiger partial charge in [0.15, 0.2) is 5.69 Å². The third-order valence-electron chi connectivity index (χ3n) is 11.5. The fourth-order valence-electron chi connectivity index (χ4n) is 8.28. The van der Waals surface area contributed by atoms with E-state index in [0.29, 0.717) is 29.8 Å². The quantitative estimate of drug-likeness (QED) is 0.125. The van der Waals surface area contributed by atoms with E-state index in [1.807, 2.05) is 36.4 Å². The summed E-state index contributed by atoms with van der Waals surface area (Å²) in [5, 5.41) is 33.9. The van der Waals surface area contributed by atoms with Gasteiger partial charge in [-0.2, -0.15) is 18.3 Å². The molecule has 2 aromatic heterocycles. The molecule has 0 aliphatic carbocycles. The number of anilines is 3. The topological polar surface area (TPSA) is 151 Å². The van der Waals surface area contributed by atoms with Crippen molar-refractivity contribution in [3.8, 4) is 5.69 Å². The maximum absolute atomic E-state index is 16.3. The Balaban J connectivity index is 0.881. The number of amides is 2. The average molecular weight is 778 g/mol. The largest absolute Gasteiger partial charge is 0.433 e. The first-order valence-corrected chi connectivity index (χ1v) is 18.9. The van der Waals surface area contributed by atoms with E-state index in [1.165, 1.54) is 10.9 Å². The number of aromatic nitrogens is 3. The monoisotopic (exact) mass is 777 g/mol. The number of nitrogens with zero attached hydrogens (tertiary/aromatic N) is 6. The standard InChI is InChI=1S/C39H43F4N9O4/c40-33-26(3-1-4-27(33)45-28-11-12-32(53)47-35(28)54)38(13-16-44-17-14-38)15-18-49-19-21-50(22-20-49)24-7-9-25(10-8-24)51-23-30-34(48-51)37(56)52(30)36(55)29-5-2-6-31(46-29)39(41,42)43/h1-10,23,28,32,35,44-45,47,53-54H,11-22H2. The first-order chi connectivity index (χ1) is 26.9. The van der Waals surface area contributed by atoms with E-state index in [2.05, 4.69) is 35.8 Å². The van der Waals surface area contributed by atoms with Crippen LogP contribution in [0.3, 0.4) is 0 Å². The zero-order valence-corrected chi connectivity index (χ0v) is 30.5. The van der Waals surface area contributed by atoms with E-state index in [4.69, 9.17) is 0 Å². The first kappa shape index (κ1) is 38.0. The highest BCUT2D eigenvalue weighted by molar-refractivity contribution is 6.33. The lowest BCUT2D eigenvalue weighted by Crippen LogP contribution is -2.53. The fourth-order valence-corrected chi connectivity index (χ4v) is 8.28. The molecule has 8 rings (SSSR count). The number of aliphatic hydroxyl groups is 2. The molecule has 17 heteroatoms. The van der Waals surface area contributed by atoms with E-state index in [-0.39, 0.29) is 22.6 Å². The van der Waals surface area contributed by atoms with E-state index >= 15 is 4.39 Å². The molecule has 4 aromatic rings. The summed E-state index contributed by atoms with van der Waals surface area (Å²) >= 11 is 0. The van der Waals surface area contributed by atoms with Gasteiger partial charge in [0.1, 0.15) is 35.3 Å². The number of aliphatic hydroxyl groups excluding tert-OH is 2. The number of fused-ring (bicyclic) bond motifs is 1. The molecule has 0 spiro atoms. The van der Waals surface area contributed by atoms with Crippen LogP contribution >= 0.6 is 0 Å². The molecule has 2 aromatic carbocycles. The molecule has 6 heterocycles. The molecule has 4 aliphatic heterocycles. The number of nitrogens with one attached hydrogen (secondary N) is 3. The molecule has 4 aliphatic rings. The zero-order chi connectivity index (χ0) is 39.2. The van der Waals surface area contributed by atoms with E-state index in [9.17, 15) is 33.0 Å². The van der Waals surface area contributed by atoms with Gasteiger partial charge in [-0.15, -0.1) is 0 Å². The summed E-state index contributed by atoms with van der Waals surface area (Å²) in [6, 6.07) is 15.6. The molecule has 3 saturated heterocycles. The maximum atomic E-state index is 16.3. The highest BCUT2D eigenvalue weighted by atomic mass is 19.4. The number of rotatable bonds is 9. The fraction of sp³-hybridized carbons (Fsp3) is 0.436. The van der Waals surface area contributed by atoms with Crippen molar-refractivity contribution in [3.05, 3.63) is 95.3 Å². The van der Waals surface area contributed by atoms with E-state index in [1.54, 1.807) is 6.07 Å². The minimum atomic E-state index is -4.73. The van der Waals surface area contributed by atoms with Gasteiger partial charge in [0.05, 0.1) is 23.6 Å². The lowest BCUT2D eigenvalue weighted by Gasteiger charge is -2.42. The number of hydrogen-bond donors (Lipinski definition) is 5. The van der Waals surface area contributed by atoms with Gasteiger partial charge in [-0.1, -0.05) is 18.2 Å². The molecule has 296 valence electrons. The van der Waals surface area contributed by atoms with Crippen molar-refractivity contribution in [1.82, 2.24) is 30.3 Å². The van der Waals surface area contributed by atoms with Crippen molar-refractivity contribution in [3.63, 3.8) is 0 Å². The van der Waals surface area contributed by atoms with Gasteiger partial charge in [0, 0.05) is 37.3 Å². The molecule has 0 saturated carbocycles. The molecule has 2 amide bonds. The molecular weight excluding hydrogens is 734 g/mol. The molecular formula is C39H43F4N9O4. The Morgan fingerprint density at radius 2 is 1.66 bits per heavy atom. The Bertz CT molecular complexity index is 2080. The van der Waals surface area contributed by atoms with E-state index < -0.39 is 47.9 Å². The summed E-state index contributed by atoms with van der Waals surface area (Å²) in [5.41, 5.74) is 0.894. The lowest BCUT2D eigenvalue weighted by molar-refractivity contribution is -0.141. The minimum absolute atomic E-state index is 0.0438. The molecule has 56 heavy (non-hydrogen) atoms. The Kier molecular flexibility index (Phi) is 10.3. The Morgan fingerprint density at radius 1 is 0.946 bits per heavy atom. The number of benzene rings is 2. The van der Waals surface area contributed by atoms with Gasteiger partial charge in [-0.25, -0.2) is 19.0 Å². The molecule has 3 fully saturated rings. The number of pyridine rings is 1. The van der Waals surface area contributed by atoms with Crippen LogP contribution in [0.1, 0.15) is 64.3 Å². The highest BCUT2D eigenvalue weighted by Gasteiger charge is 2.43. The SMILES string of the molecule is O=C(c1cccc(C(F)(F)F)n1)N1C(=O)c2nn(-c3ccc(N4CCN(CCC5(c6cccc(NC7CCC(O)NC7O)c6F)CCNCC5)CC4)cc3)cc21. The third kappa shape index (κ3) is 7.36. The number of carbonyl (C=O) groups excluding carboxylic acids is 2. The van der Waals surface area contributed by atoms with E-state index in [0.717, 1.165) is 93.9 Å². The van der Waals surface area contributed by atoms with Gasteiger partial charge in [-0.3, -0.25) is 19.8 Å². The predicted molar refractivity (Wildman–Crippen MR) is 199 cm³/mol. The normalized spacial score (nSPS) is 22.8. The van der Waals surface area contributed by atoms with Crippen LogP contribution in [-0.2, 0) is 11.6 Å². The Labute approximate surface area is 320 Å². The van der Waals surface area contributed by atoms with Crippen LogP contribution in [-0.4, -0.2) is 106 Å². The smallest absolute Gasteiger partial charge is 0.379 e. The Morgan fingerprint density at radius 3 is 2.38 bits per heavy atom. The molecule has 3 atom stereocenters. The summed E-state index contributed by atoms with van der Waals surface area (Å²) < 4.78 is 57.2. The van der Waals surface area contributed by atoms with Crippen LogP contribution in [0.4, 0.5) is 34.6 Å². The molecule has 5 N–H and O–H groups in total. The summed E-state index contributed by atoms with van der Waals surface area (Å²) in [6.45, 7) is 5.66. The van der Waals surface area contributed by atoms with Crippen molar-refractivity contribution in [1.29, 1.82) is 0 Å². The molecule has 0 bridgehead atoms. The van der Waals surface area contributed by atoms with Crippen molar-refractivity contribution < 1.29 is 37.4 Å². The van der Waals surface area contributed by atoms with Gasteiger partial charge in [0.2, 0.25) is 0 Å². The number of alkyl halides is 3. The second kappa shape index (κ2) is 15.2. The van der Waals surface area contributed by atoms with Gasteiger partial charge >= 0.3 is 6.18 Å². The molecule has 13 nitrogen and oxygen atoms in total. The van der Waals surface area contributed by atoms with Gasteiger partial charge in [-0.05, 0) is 99.8 Å². The van der Waals surface area contributed by atoms with Crippen molar-refractivity contribution in [2.45, 2.75) is 62.2 Å². The van der Waals surface area contributed by atoms with Crippen LogP contribution in [0.2, 0.25) is 0 Å². The third-order valence-corrected chi connectivity index (χ3v) is 11.5. The van der Waals surface area contributed by atoms with Crippen LogP contribution in [0, 0.1) is 5.82 Å². The average Bonchev–Trinajstić information content (AvgIpc) is 3.59. The first-order valence-electron chi connectivity index (χ1n) is 18.9. The van der Waals surface area contributed by atoms with Crippen LogP contribution in [0.15, 0.2) is 66.9 Å². The summed E-state index contributed by atoms with van der Waals surface area (Å²) in [4.78, 5) is 34.6. The van der Waals surface area contributed by atoms with Crippen molar-refractivity contribution in [2.24, 2.45) is 0 Å². The number of carbonyl (C=O) groups is 2. The lowest BCUT2D eigenvalue weighted by atomic mass is 9.70. The molecule has 3 unspecified atom stereocenters. The van der Waals surface area contributed by atoms with Crippen molar-refractivity contribution >= 4 is 28.9 Å². The second-order valence-corrected chi connectivity index (χ2v) is 14.9. The summed E-state index contributed by atoms with van der Waals surface area (Å²) in [7, 11) is 0. The second-order valence-electron chi connectivity index (χ2n) is 14.9. The zero-order valence-electron chi connectivity index (χ0n) is 30.5. The number of piperidine rings is 2. The summed E-state index contributed by atoms with van der Waals surface area (Å²) in [6.07, 6.45) is -1.60. The van der Waals surface area contributed by atoms with Gasteiger partial charge < -0.3 is 25.7 Å². The van der Waals surface area contributed by atoms with Crippen LogP contribution in [0.25, 0.3) is 5.69 Å². The van der Waals surface area contributed by atoms with Crippen LogP contribution in [0.5, 0.6) is 0 Å². The predicted octanol–water partition coefficient (Wildman–Crippen LogP) is 3.86. The van der Waals surface area contributed by atoms with Gasteiger partial charge in [0.25, 0.3) is 11.8 Å². The number of piperazine rings is 1. The maximum Gasteiger partial charge on any atom is 0.433 e. The van der Waals surface area contributed by atoms with Crippen molar-refractivity contribution in [2.75, 3.05) is 60.9 Å². The summed E-state index contributed by atoms with van der Waals surface area (Å²) in [5.74, 6) is -1.95. The minimum Gasteiger partial charge on any atom is -0.379 e. The number of halogens is 4. The Hall–Kier alpha value is -4.94. The number of imide groups is 1. The highest BCUT2D eigenvalue weighted by Crippen LogP contribution is 2.41. The molecule has 0 radical (unpaired) electrons. The number of hydrogen-bond acceptors (Lipinski definition) is 11. The van der Waals surface area contributed by atoms with Crippen LogP contribution < -0.4 is 25.8 Å².